The van der Waals surface area contributed by atoms with Crippen molar-refractivity contribution in [3.63, 3.8) is 0 Å². The highest BCUT2D eigenvalue weighted by Gasteiger charge is 2.30. The molecule has 1 aliphatic rings. The highest BCUT2D eigenvalue weighted by molar-refractivity contribution is 7.11. The van der Waals surface area contributed by atoms with E-state index in [2.05, 4.69) is 4.98 Å². The van der Waals surface area contributed by atoms with Gasteiger partial charge in [-0.1, -0.05) is 11.3 Å². The average molecular weight is 284 g/mol. The van der Waals surface area contributed by atoms with Gasteiger partial charge >= 0.3 is 6.09 Å². The molecular weight excluding hydrogens is 264 g/mol. The van der Waals surface area contributed by atoms with Crippen molar-refractivity contribution in [1.29, 1.82) is 0 Å². The summed E-state index contributed by atoms with van der Waals surface area (Å²) in [6.45, 7) is 7.67. The van der Waals surface area contributed by atoms with Gasteiger partial charge in [-0.2, -0.15) is 0 Å². The topological polar surface area (TPSA) is 51.7 Å². The monoisotopic (exact) mass is 284 g/mol. The lowest BCUT2D eigenvalue weighted by Gasteiger charge is -2.24. The third-order valence-corrected chi connectivity index (χ3v) is 3.47. The van der Waals surface area contributed by atoms with Crippen LogP contribution in [0.5, 0.6) is 5.19 Å². The molecule has 5 nitrogen and oxygen atoms in total. The number of ether oxygens (including phenoxy) is 2. The quantitative estimate of drug-likeness (QED) is 0.856. The fraction of sp³-hybridized carbons (Fsp3) is 0.692. The number of hydrogen-bond acceptors (Lipinski definition) is 5. The number of rotatable bonds is 3. The first kappa shape index (κ1) is 14.1. The van der Waals surface area contributed by atoms with Crippen LogP contribution in [0.4, 0.5) is 4.79 Å². The molecule has 2 rings (SSSR count). The highest BCUT2D eigenvalue weighted by atomic mass is 32.1. The Labute approximate surface area is 117 Å². The van der Waals surface area contributed by atoms with Crippen LogP contribution in [0.1, 0.15) is 27.2 Å². The second kappa shape index (κ2) is 5.77. The van der Waals surface area contributed by atoms with Crippen molar-refractivity contribution in [2.75, 3.05) is 19.7 Å². The maximum atomic E-state index is 11.9. The van der Waals surface area contributed by atoms with Crippen LogP contribution >= 0.6 is 11.3 Å². The van der Waals surface area contributed by atoms with Crippen molar-refractivity contribution in [2.24, 2.45) is 5.92 Å². The number of aromatic nitrogens is 1. The number of nitrogens with zero attached hydrogens (tertiary/aromatic N) is 2. The molecule has 0 aromatic carbocycles. The van der Waals surface area contributed by atoms with E-state index in [0.29, 0.717) is 24.3 Å². The second-order valence-electron chi connectivity index (χ2n) is 5.69. The van der Waals surface area contributed by atoms with E-state index in [1.807, 2.05) is 26.2 Å². The van der Waals surface area contributed by atoms with E-state index in [0.717, 1.165) is 13.0 Å². The van der Waals surface area contributed by atoms with Gasteiger partial charge in [-0.15, -0.1) is 0 Å². The third kappa shape index (κ3) is 4.38. The molecule has 0 spiro atoms. The van der Waals surface area contributed by atoms with E-state index < -0.39 is 5.60 Å². The Hall–Kier alpha value is -1.30. The number of carbonyl (C=O) groups excluding carboxylic acids is 1. The van der Waals surface area contributed by atoms with Crippen molar-refractivity contribution in [1.82, 2.24) is 9.88 Å². The van der Waals surface area contributed by atoms with Crippen LogP contribution in [-0.2, 0) is 4.74 Å². The molecular formula is C13H20N2O3S. The second-order valence-corrected chi connectivity index (χ2v) is 6.55. The summed E-state index contributed by atoms with van der Waals surface area (Å²) >= 11 is 1.48. The van der Waals surface area contributed by atoms with Crippen LogP contribution in [0, 0.1) is 5.92 Å². The number of hydrogen-bond donors (Lipinski definition) is 0. The first-order chi connectivity index (χ1) is 8.94. The summed E-state index contributed by atoms with van der Waals surface area (Å²) in [6, 6.07) is 0. The van der Waals surface area contributed by atoms with E-state index in [1.54, 1.807) is 11.1 Å². The molecule has 6 heteroatoms. The van der Waals surface area contributed by atoms with Gasteiger partial charge in [0, 0.05) is 30.6 Å². The molecule has 0 radical (unpaired) electrons. The number of likely N-dealkylation sites (tertiary alicyclic amines) is 1. The summed E-state index contributed by atoms with van der Waals surface area (Å²) in [4.78, 5) is 17.7. The minimum atomic E-state index is -0.438. The average Bonchev–Trinajstić information content (AvgIpc) is 2.96. The van der Waals surface area contributed by atoms with Crippen LogP contribution in [0.25, 0.3) is 0 Å². The molecule has 1 amide bonds. The maximum absolute atomic E-state index is 11.9. The van der Waals surface area contributed by atoms with E-state index in [1.165, 1.54) is 11.3 Å². The lowest BCUT2D eigenvalue weighted by atomic mass is 10.1. The van der Waals surface area contributed by atoms with Gasteiger partial charge in [0.05, 0.1) is 6.61 Å². The van der Waals surface area contributed by atoms with Gasteiger partial charge in [-0.25, -0.2) is 9.78 Å². The van der Waals surface area contributed by atoms with E-state index >= 15 is 0 Å². The molecule has 0 saturated carbocycles. The molecule has 1 atom stereocenters. The Morgan fingerprint density at radius 3 is 3.00 bits per heavy atom. The molecule has 106 valence electrons. The zero-order valence-corrected chi connectivity index (χ0v) is 12.4. The first-order valence-electron chi connectivity index (χ1n) is 6.44. The van der Waals surface area contributed by atoms with E-state index in [4.69, 9.17) is 9.47 Å². The molecule has 1 saturated heterocycles. The number of amides is 1. The smallest absolute Gasteiger partial charge is 0.410 e. The molecule has 0 aliphatic carbocycles. The molecule has 0 N–H and O–H groups in total. The minimum Gasteiger partial charge on any atom is -0.470 e. The molecule has 1 aliphatic heterocycles. The van der Waals surface area contributed by atoms with Crippen molar-refractivity contribution in [3.8, 4) is 5.19 Å². The largest absolute Gasteiger partial charge is 0.470 e. The van der Waals surface area contributed by atoms with Crippen molar-refractivity contribution in [3.05, 3.63) is 11.6 Å². The Kier molecular flexibility index (Phi) is 4.29. The molecule has 2 heterocycles. The predicted octanol–water partition coefficient (Wildman–Crippen LogP) is 2.78. The van der Waals surface area contributed by atoms with Crippen molar-refractivity contribution in [2.45, 2.75) is 32.8 Å². The van der Waals surface area contributed by atoms with Gasteiger partial charge in [0.25, 0.3) is 5.19 Å². The Balaban J connectivity index is 1.75. The Morgan fingerprint density at radius 1 is 1.58 bits per heavy atom. The molecule has 1 aromatic heterocycles. The maximum Gasteiger partial charge on any atom is 0.410 e. The standard InChI is InChI=1S/C13H20N2O3S/c1-13(2,3)18-12(16)15-6-4-10(8-15)9-17-11-14-5-7-19-11/h5,7,10H,4,6,8-9H2,1-3H3/t10-/m0/s1. The Morgan fingerprint density at radius 2 is 2.37 bits per heavy atom. The fourth-order valence-electron chi connectivity index (χ4n) is 1.93. The van der Waals surface area contributed by atoms with Crippen LogP contribution in [0.2, 0.25) is 0 Å². The summed E-state index contributed by atoms with van der Waals surface area (Å²) in [5.41, 5.74) is -0.438. The first-order valence-corrected chi connectivity index (χ1v) is 7.32. The third-order valence-electron chi connectivity index (χ3n) is 2.79. The molecule has 0 bridgehead atoms. The summed E-state index contributed by atoms with van der Waals surface area (Å²) in [5, 5.41) is 2.58. The van der Waals surface area contributed by atoms with Crippen LogP contribution in [-0.4, -0.2) is 41.3 Å². The van der Waals surface area contributed by atoms with Crippen LogP contribution in [0.15, 0.2) is 11.6 Å². The van der Waals surface area contributed by atoms with Gasteiger partial charge in [-0.05, 0) is 27.2 Å². The summed E-state index contributed by atoms with van der Waals surface area (Å²) in [6.07, 6.45) is 2.44. The van der Waals surface area contributed by atoms with Gasteiger partial charge in [0.2, 0.25) is 0 Å². The van der Waals surface area contributed by atoms with Gasteiger partial charge in [0.15, 0.2) is 0 Å². The summed E-state index contributed by atoms with van der Waals surface area (Å²) in [7, 11) is 0. The van der Waals surface area contributed by atoms with Gasteiger partial charge in [-0.3, -0.25) is 0 Å². The lowest BCUT2D eigenvalue weighted by molar-refractivity contribution is 0.0285. The van der Waals surface area contributed by atoms with E-state index in [-0.39, 0.29) is 6.09 Å². The fourth-order valence-corrected chi connectivity index (χ4v) is 2.43. The summed E-state index contributed by atoms with van der Waals surface area (Å²) in [5.74, 6) is 0.358. The molecule has 0 unspecified atom stereocenters. The minimum absolute atomic E-state index is 0.232. The van der Waals surface area contributed by atoms with Crippen molar-refractivity contribution >= 4 is 17.4 Å². The highest BCUT2D eigenvalue weighted by Crippen LogP contribution is 2.21. The molecule has 1 fully saturated rings. The van der Waals surface area contributed by atoms with Gasteiger partial charge < -0.3 is 14.4 Å². The SMILES string of the molecule is CC(C)(C)OC(=O)N1CC[C@H](COc2nccs2)C1. The zero-order valence-electron chi connectivity index (χ0n) is 11.6. The molecule has 19 heavy (non-hydrogen) atoms. The van der Waals surface area contributed by atoms with Crippen LogP contribution in [0.3, 0.4) is 0 Å². The lowest BCUT2D eigenvalue weighted by Crippen LogP contribution is -2.35. The van der Waals surface area contributed by atoms with Gasteiger partial charge in [0.1, 0.15) is 5.60 Å². The van der Waals surface area contributed by atoms with Crippen LogP contribution < -0.4 is 4.74 Å². The molecule has 1 aromatic rings. The predicted molar refractivity (Wildman–Crippen MR) is 73.5 cm³/mol. The van der Waals surface area contributed by atoms with Crippen molar-refractivity contribution < 1.29 is 14.3 Å². The number of carbonyl (C=O) groups is 1. The normalized spacial score (nSPS) is 19.5. The van der Waals surface area contributed by atoms with E-state index in [9.17, 15) is 4.79 Å². The number of thiazole rings is 1. The Bertz CT molecular complexity index is 414. The zero-order chi connectivity index (χ0) is 13.9. The summed E-state index contributed by atoms with van der Waals surface area (Å²) < 4.78 is 10.9.